The average Bonchev–Trinajstić information content (AvgIpc) is 3.30. The molecule has 0 saturated carbocycles. The quantitative estimate of drug-likeness (QED) is 0.389. The number of aryl methyl sites for hydroxylation is 1. The minimum absolute atomic E-state index is 0.0687. The van der Waals surface area contributed by atoms with Gasteiger partial charge >= 0.3 is 24.4 Å². The highest BCUT2D eigenvalue weighted by molar-refractivity contribution is 5.82. The van der Waals surface area contributed by atoms with Crippen molar-refractivity contribution < 1.29 is 44.3 Å². The zero-order valence-electron chi connectivity index (χ0n) is 18.0. The first kappa shape index (κ1) is 27.0. The summed E-state index contributed by atoms with van der Waals surface area (Å²) in [5.74, 6) is -2.46. The van der Waals surface area contributed by atoms with E-state index in [1.54, 1.807) is 0 Å². The van der Waals surface area contributed by atoms with Gasteiger partial charge in [-0.15, -0.1) is 0 Å². The molecule has 0 aliphatic heterocycles. The van der Waals surface area contributed by atoms with Crippen molar-refractivity contribution in [2.75, 3.05) is 6.54 Å². The Morgan fingerprint density at radius 3 is 2.11 bits per heavy atom. The average molecular weight is 524 g/mol. The maximum Gasteiger partial charge on any atom is 0.471 e. The number of aromatic nitrogens is 3. The zero-order valence-corrected chi connectivity index (χ0v) is 18.0. The molecule has 2 aromatic heterocycles. The molecule has 0 radical (unpaired) electrons. The Labute approximate surface area is 198 Å². The molecule has 36 heavy (non-hydrogen) atoms. The summed E-state index contributed by atoms with van der Waals surface area (Å²) < 4.78 is 121. The summed E-state index contributed by atoms with van der Waals surface area (Å²) in [6, 6.07) is 1.87. The lowest BCUT2D eigenvalue weighted by Crippen LogP contribution is -2.45. The van der Waals surface area contributed by atoms with Crippen molar-refractivity contribution in [2.45, 2.75) is 37.4 Å². The van der Waals surface area contributed by atoms with Gasteiger partial charge in [-0.1, -0.05) is 12.1 Å². The Morgan fingerprint density at radius 1 is 0.917 bits per heavy atom. The van der Waals surface area contributed by atoms with Gasteiger partial charge in [-0.2, -0.15) is 39.5 Å². The summed E-state index contributed by atoms with van der Waals surface area (Å²) in [6.07, 6.45) is -11.8. The number of benzene rings is 1. The molecule has 14 heteroatoms. The van der Waals surface area contributed by atoms with Gasteiger partial charge in [0, 0.05) is 18.9 Å². The van der Waals surface area contributed by atoms with E-state index in [4.69, 9.17) is 0 Å². The Hall–Kier alpha value is -3.58. The van der Waals surface area contributed by atoms with Gasteiger partial charge in [0.1, 0.15) is 6.04 Å². The number of imidazole rings is 1. The number of alkyl halides is 9. The fourth-order valence-corrected chi connectivity index (χ4v) is 3.58. The summed E-state index contributed by atoms with van der Waals surface area (Å²) in [5, 5.41) is 0. The number of nitrogens with one attached hydrogen (secondary N) is 1. The van der Waals surface area contributed by atoms with E-state index in [0.717, 1.165) is 24.4 Å². The van der Waals surface area contributed by atoms with Crippen LogP contribution >= 0.6 is 0 Å². The fraction of sp³-hybridized carbons (Fsp3) is 0.318. The van der Waals surface area contributed by atoms with Crippen LogP contribution in [0.1, 0.15) is 40.5 Å². The highest BCUT2D eigenvalue weighted by Crippen LogP contribution is 2.40. The first-order valence-corrected chi connectivity index (χ1v) is 10.2. The second-order valence-electron chi connectivity index (χ2n) is 7.62. The third-order valence-corrected chi connectivity index (χ3v) is 5.16. The molecule has 3 aromatic rings. The summed E-state index contributed by atoms with van der Waals surface area (Å²) in [6.45, 7) is -0.690. The molecule has 5 nitrogen and oxygen atoms in total. The summed E-state index contributed by atoms with van der Waals surface area (Å²) in [7, 11) is 0. The van der Waals surface area contributed by atoms with Crippen LogP contribution in [0.2, 0.25) is 0 Å². The van der Waals surface area contributed by atoms with Crippen LogP contribution in [-0.2, 0) is 23.6 Å². The summed E-state index contributed by atoms with van der Waals surface area (Å²) >= 11 is 0. The number of amides is 1. The molecule has 0 aliphatic rings. The molecule has 1 amide bonds. The van der Waals surface area contributed by atoms with E-state index < -0.39 is 59.4 Å². The molecule has 1 aromatic carbocycles. The largest absolute Gasteiger partial charge is 0.471 e. The maximum absolute atomic E-state index is 13.8. The fourth-order valence-electron chi connectivity index (χ4n) is 3.58. The molecular weight excluding hydrogens is 507 g/mol. The molecule has 0 fully saturated rings. The SMILES string of the molecule is O=C(N(CCCc1c[nH]cn1)C(c1ccc(C(F)(F)F)cc1)c1ncccc1C(F)(F)F)C(F)(F)F. The van der Waals surface area contributed by atoms with Crippen LogP contribution in [-0.4, -0.2) is 38.5 Å². The van der Waals surface area contributed by atoms with Crippen molar-refractivity contribution >= 4 is 5.91 Å². The highest BCUT2D eigenvalue weighted by atomic mass is 19.4. The van der Waals surface area contributed by atoms with E-state index in [0.29, 0.717) is 23.9 Å². The zero-order chi connectivity index (χ0) is 26.7. The number of pyridine rings is 1. The Balaban J connectivity index is 2.14. The lowest BCUT2D eigenvalue weighted by atomic mass is 9.95. The molecule has 1 unspecified atom stereocenters. The molecule has 1 atom stereocenters. The molecule has 0 spiro atoms. The third kappa shape index (κ3) is 6.34. The molecule has 194 valence electrons. The summed E-state index contributed by atoms with van der Waals surface area (Å²) in [4.78, 5) is 22.7. The smallest absolute Gasteiger partial charge is 0.351 e. The van der Waals surface area contributed by atoms with E-state index >= 15 is 0 Å². The Morgan fingerprint density at radius 2 is 1.58 bits per heavy atom. The predicted molar refractivity (Wildman–Crippen MR) is 107 cm³/mol. The lowest BCUT2D eigenvalue weighted by Gasteiger charge is -2.33. The van der Waals surface area contributed by atoms with Gasteiger partial charge in [0.25, 0.3) is 0 Å². The van der Waals surface area contributed by atoms with Crippen LogP contribution in [0.15, 0.2) is 55.1 Å². The van der Waals surface area contributed by atoms with Crippen molar-refractivity contribution in [3.63, 3.8) is 0 Å². The molecule has 0 saturated heterocycles. The topological polar surface area (TPSA) is 61.9 Å². The van der Waals surface area contributed by atoms with Crippen LogP contribution in [0, 0.1) is 0 Å². The molecule has 1 N–H and O–H groups in total. The van der Waals surface area contributed by atoms with Gasteiger partial charge in [0.2, 0.25) is 0 Å². The molecule has 3 rings (SSSR count). The van der Waals surface area contributed by atoms with E-state index in [2.05, 4.69) is 15.0 Å². The highest BCUT2D eigenvalue weighted by Gasteiger charge is 2.47. The number of carbonyl (C=O) groups is 1. The summed E-state index contributed by atoms with van der Waals surface area (Å²) in [5.41, 5.74) is -3.54. The minimum atomic E-state index is -5.48. The second-order valence-corrected chi connectivity index (χ2v) is 7.62. The Bertz CT molecular complexity index is 1150. The van der Waals surface area contributed by atoms with Crippen molar-refractivity contribution in [3.05, 3.63) is 83.2 Å². The van der Waals surface area contributed by atoms with Crippen LogP contribution in [0.4, 0.5) is 39.5 Å². The van der Waals surface area contributed by atoms with Crippen molar-refractivity contribution in [1.29, 1.82) is 0 Å². The first-order valence-electron chi connectivity index (χ1n) is 10.2. The molecular formula is C22H17F9N4O. The monoisotopic (exact) mass is 524 g/mol. The van der Waals surface area contributed by atoms with Gasteiger partial charge in [-0.3, -0.25) is 9.78 Å². The number of rotatable bonds is 7. The lowest BCUT2D eigenvalue weighted by molar-refractivity contribution is -0.187. The van der Waals surface area contributed by atoms with Crippen molar-refractivity contribution in [3.8, 4) is 0 Å². The van der Waals surface area contributed by atoms with Gasteiger partial charge < -0.3 is 9.88 Å². The number of carbonyl (C=O) groups excluding carboxylic acids is 1. The Kier molecular flexibility index (Phi) is 7.65. The van der Waals surface area contributed by atoms with E-state index in [-0.39, 0.29) is 17.7 Å². The van der Waals surface area contributed by atoms with Crippen LogP contribution in [0.25, 0.3) is 0 Å². The maximum atomic E-state index is 13.8. The van der Waals surface area contributed by atoms with E-state index in [1.807, 2.05) is 0 Å². The first-order chi connectivity index (χ1) is 16.7. The van der Waals surface area contributed by atoms with E-state index in [1.165, 1.54) is 12.5 Å². The molecule has 0 aliphatic carbocycles. The van der Waals surface area contributed by atoms with Gasteiger partial charge in [-0.25, -0.2) is 4.98 Å². The van der Waals surface area contributed by atoms with Gasteiger partial charge in [0.05, 0.1) is 28.8 Å². The van der Waals surface area contributed by atoms with Crippen molar-refractivity contribution in [2.24, 2.45) is 0 Å². The van der Waals surface area contributed by atoms with Crippen molar-refractivity contribution in [1.82, 2.24) is 19.9 Å². The molecule has 0 bridgehead atoms. The van der Waals surface area contributed by atoms with E-state index in [9.17, 15) is 44.3 Å². The number of hydrogen-bond acceptors (Lipinski definition) is 3. The number of nitrogens with zero attached hydrogens (tertiary/aromatic N) is 3. The van der Waals surface area contributed by atoms with Gasteiger partial charge in [0.15, 0.2) is 0 Å². The number of H-pyrrole nitrogens is 1. The number of hydrogen-bond donors (Lipinski definition) is 1. The van der Waals surface area contributed by atoms with Crippen LogP contribution < -0.4 is 0 Å². The second kappa shape index (κ2) is 10.2. The van der Waals surface area contributed by atoms with Gasteiger partial charge in [-0.05, 0) is 42.7 Å². The van der Waals surface area contributed by atoms with Crippen LogP contribution in [0.5, 0.6) is 0 Å². The predicted octanol–water partition coefficient (Wildman–Crippen LogP) is 5.96. The van der Waals surface area contributed by atoms with Crippen LogP contribution in [0.3, 0.4) is 0 Å². The molecule has 2 heterocycles. The standard InChI is InChI=1S/C22H17F9N4O/c23-20(24,25)14-7-5-13(6-8-14)18(17-16(21(26,27)28)4-1-9-33-17)35(19(36)22(29,30)31)10-2-3-15-11-32-12-34-15/h1,4-9,11-12,18H,2-3,10H2,(H,32,34). The minimum Gasteiger partial charge on any atom is -0.351 e. The normalized spacial score (nSPS) is 13.5. The number of aromatic amines is 1. The number of halogens is 9. The third-order valence-electron chi connectivity index (χ3n) is 5.16.